The van der Waals surface area contributed by atoms with Crippen LogP contribution in [0, 0.1) is 5.92 Å². The summed E-state index contributed by atoms with van der Waals surface area (Å²) in [5.74, 6) is 1.58. The topological polar surface area (TPSA) is 35.2 Å². The van der Waals surface area contributed by atoms with E-state index in [0.29, 0.717) is 12.0 Å². The minimum absolute atomic E-state index is 0.00648. The van der Waals surface area contributed by atoms with Gasteiger partial charge in [-0.2, -0.15) is 0 Å². The molecule has 100 valence electrons. The number of rotatable bonds is 3. The molecule has 2 rings (SSSR count). The molecule has 0 heterocycles. The fourth-order valence-electron chi connectivity index (χ4n) is 2.61. The van der Waals surface area contributed by atoms with Crippen molar-refractivity contribution in [1.82, 2.24) is 0 Å². The average Bonchev–Trinajstić information content (AvgIpc) is 2.32. The van der Waals surface area contributed by atoms with Crippen LogP contribution in [0.5, 0.6) is 5.75 Å². The second-order valence-corrected chi connectivity index (χ2v) is 6.30. The van der Waals surface area contributed by atoms with Gasteiger partial charge >= 0.3 is 0 Å². The van der Waals surface area contributed by atoms with E-state index < -0.39 is 0 Å². The Labute approximate surface area is 118 Å². The number of nitrogens with two attached hydrogens (primary N) is 1. The average molecular weight is 312 g/mol. The molecule has 0 spiro atoms. The minimum atomic E-state index is 0.00648. The summed E-state index contributed by atoms with van der Waals surface area (Å²) >= 11 is 3.50. The van der Waals surface area contributed by atoms with E-state index >= 15 is 0 Å². The molecule has 0 aromatic heterocycles. The summed E-state index contributed by atoms with van der Waals surface area (Å²) in [5, 5.41) is 0. The summed E-state index contributed by atoms with van der Waals surface area (Å²) in [6.07, 6.45) is 5.37. The molecule has 1 aromatic rings. The van der Waals surface area contributed by atoms with Crippen LogP contribution in [0.15, 0.2) is 22.7 Å². The zero-order chi connectivity index (χ0) is 13.1. The Hall–Kier alpha value is -0.540. The lowest BCUT2D eigenvalue weighted by molar-refractivity contribution is 0.101. The number of benzene rings is 1. The molecular weight excluding hydrogens is 290 g/mol. The van der Waals surface area contributed by atoms with Crippen LogP contribution in [0.1, 0.15) is 51.1 Å². The molecule has 1 aromatic carbocycles. The Bertz CT molecular complexity index is 405. The van der Waals surface area contributed by atoms with Crippen LogP contribution < -0.4 is 10.5 Å². The fourth-order valence-corrected chi connectivity index (χ4v) is 2.95. The van der Waals surface area contributed by atoms with E-state index in [-0.39, 0.29) is 6.04 Å². The number of ether oxygens (including phenoxy) is 1. The van der Waals surface area contributed by atoms with Gasteiger partial charge in [0.05, 0.1) is 0 Å². The Morgan fingerprint density at radius 1 is 1.33 bits per heavy atom. The maximum atomic E-state index is 6.23. The van der Waals surface area contributed by atoms with Gasteiger partial charge in [0.1, 0.15) is 11.9 Å². The number of halogens is 1. The summed E-state index contributed by atoms with van der Waals surface area (Å²) in [6, 6.07) is 6.12. The molecule has 0 bridgehead atoms. The predicted octanol–water partition coefficient (Wildman–Crippen LogP) is 4.43. The van der Waals surface area contributed by atoms with Gasteiger partial charge in [0, 0.05) is 16.1 Å². The highest BCUT2D eigenvalue weighted by Gasteiger charge is 2.24. The number of hydrogen-bond donors (Lipinski definition) is 1. The molecule has 0 amide bonds. The highest BCUT2D eigenvalue weighted by atomic mass is 79.9. The first-order valence-electron chi connectivity index (χ1n) is 6.79. The molecule has 2 nitrogen and oxygen atoms in total. The molecule has 1 saturated carbocycles. The largest absolute Gasteiger partial charge is 0.490 e. The van der Waals surface area contributed by atoms with Gasteiger partial charge in [-0.3, -0.25) is 0 Å². The van der Waals surface area contributed by atoms with Crippen LogP contribution in [-0.2, 0) is 0 Å². The molecule has 18 heavy (non-hydrogen) atoms. The molecule has 3 heteroatoms. The van der Waals surface area contributed by atoms with E-state index in [0.717, 1.165) is 22.2 Å². The van der Waals surface area contributed by atoms with Gasteiger partial charge in [0.25, 0.3) is 0 Å². The van der Waals surface area contributed by atoms with Gasteiger partial charge in [-0.25, -0.2) is 0 Å². The highest BCUT2D eigenvalue weighted by Crippen LogP contribution is 2.33. The van der Waals surface area contributed by atoms with E-state index in [1.807, 2.05) is 19.1 Å². The van der Waals surface area contributed by atoms with Crippen molar-refractivity contribution in [3.05, 3.63) is 28.2 Å². The van der Waals surface area contributed by atoms with E-state index in [1.54, 1.807) is 0 Å². The maximum Gasteiger partial charge on any atom is 0.125 e. The summed E-state index contributed by atoms with van der Waals surface area (Å²) < 4.78 is 7.28. The van der Waals surface area contributed by atoms with Crippen molar-refractivity contribution < 1.29 is 4.74 Å². The molecule has 2 N–H and O–H groups in total. The van der Waals surface area contributed by atoms with Crippen LogP contribution in [0.3, 0.4) is 0 Å². The van der Waals surface area contributed by atoms with Crippen molar-refractivity contribution in [2.24, 2.45) is 11.7 Å². The second-order valence-electron chi connectivity index (χ2n) is 5.39. The molecule has 0 saturated heterocycles. The van der Waals surface area contributed by atoms with Crippen molar-refractivity contribution >= 4 is 15.9 Å². The van der Waals surface area contributed by atoms with Crippen molar-refractivity contribution in [3.63, 3.8) is 0 Å². The van der Waals surface area contributed by atoms with Crippen LogP contribution >= 0.6 is 15.9 Å². The summed E-state index contributed by atoms with van der Waals surface area (Å²) in [4.78, 5) is 0. The van der Waals surface area contributed by atoms with Gasteiger partial charge in [-0.15, -0.1) is 0 Å². The first-order valence-corrected chi connectivity index (χ1v) is 7.59. The van der Waals surface area contributed by atoms with Gasteiger partial charge in [-0.1, -0.05) is 35.3 Å². The number of hydrogen-bond acceptors (Lipinski definition) is 2. The first kappa shape index (κ1) is 13.9. The van der Waals surface area contributed by atoms with E-state index in [2.05, 4.69) is 28.9 Å². The van der Waals surface area contributed by atoms with Crippen molar-refractivity contribution in [2.45, 2.75) is 51.7 Å². The summed E-state index contributed by atoms with van der Waals surface area (Å²) in [5.41, 5.74) is 7.10. The predicted molar refractivity (Wildman–Crippen MR) is 78.8 cm³/mol. The van der Waals surface area contributed by atoms with Crippen molar-refractivity contribution in [3.8, 4) is 5.75 Å². The van der Waals surface area contributed by atoms with Crippen LogP contribution in [0.25, 0.3) is 0 Å². The van der Waals surface area contributed by atoms with E-state index in [9.17, 15) is 0 Å². The van der Waals surface area contributed by atoms with E-state index in [1.165, 1.54) is 19.3 Å². The third kappa shape index (κ3) is 3.27. The van der Waals surface area contributed by atoms with Gasteiger partial charge in [0.2, 0.25) is 0 Å². The first-order chi connectivity index (χ1) is 8.58. The lowest BCUT2D eigenvalue weighted by Crippen LogP contribution is -2.29. The van der Waals surface area contributed by atoms with Crippen LogP contribution in [0.2, 0.25) is 0 Å². The lowest BCUT2D eigenvalue weighted by atomic mass is 9.88. The Kier molecular flexibility index (Phi) is 4.68. The molecule has 3 atom stereocenters. The molecule has 3 unspecified atom stereocenters. The standard InChI is InChI=1S/C15H22BrNO/c1-10-5-3-4-6-14(10)18-15-9-12(16)7-8-13(15)11(2)17/h7-11,14H,3-6,17H2,1-2H3. The lowest BCUT2D eigenvalue weighted by Gasteiger charge is -2.30. The third-order valence-electron chi connectivity index (χ3n) is 3.78. The maximum absolute atomic E-state index is 6.23. The van der Waals surface area contributed by atoms with E-state index in [4.69, 9.17) is 10.5 Å². The van der Waals surface area contributed by atoms with Gasteiger partial charge in [-0.05, 0) is 44.2 Å². The normalized spacial score (nSPS) is 25.8. The molecule has 0 aliphatic heterocycles. The Morgan fingerprint density at radius 3 is 2.72 bits per heavy atom. The van der Waals surface area contributed by atoms with Crippen molar-refractivity contribution in [2.75, 3.05) is 0 Å². The molecule has 1 fully saturated rings. The van der Waals surface area contributed by atoms with Gasteiger partial charge in [0.15, 0.2) is 0 Å². The Morgan fingerprint density at radius 2 is 2.06 bits per heavy atom. The molecule has 1 aliphatic carbocycles. The molecule has 1 aliphatic rings. The zero-order valence-electron chi connectivity index (χ0n) is 11.2. The highest BCUT2D eigenvalue weighted by molar-refractivity contribution is 9.10. The molecular formula is C15H22BrNO. The SMILES string of the molecule is CC(N)c1ccc(Br)cc1OC1CCCCC1C. The monoisotopic (exact) mass is 311 g/mol. The summed E-state index contributed by atoms with van der Waals surface area (Å²) in [6.45, 7) is 4.29. The zero-order valence-corrected chi connectivity index (χ0v) is 12.7. The third-order valence-corrected chi connectivity index (χ3v) is 4.27. The van der Waals surface area contributed by atoms with Crippen LogP contribution in [-0.4, -0.2) is 6.10 Å². The van der Waals surface area contributed by atoms with Crippen LogP contribution in [0.4, 0.5) is 0 Å². The quantitative estimate of drug-likeness (QED) is 0.896. The second kappa shape index (κ2) is 6.07. The molecule has 0 radical (unpaired) electrons. The Balaban J connectivity index is 2.18. The van der Waals surface area contributed by atoms with Crippen molar-refractivity contribution in [1.29, 1.82) is 0 Å². The summed E-state index contributed by atoms with van der Waals surface area (Å²) in [7, 11) is 0. The van der Waals surface area contributed by atoms with Gasteiger partial charge < -0.3 is 10.5 Å². The minimum Gasteiger partial charge on any atom is -0.490 e. The fraction of sp³-hybridized carbons (Fsp3) is 0.600. The smallest absolute Gasteiger partial charge is 0.125 e.